The molecule has 1 aromatic heterocycles. The van der Waals surface area contributed by atoms with Gasteiger partial charge in [-0.3, -0.25) is 38.8 Å². The van der Waals surface area contributed by atoms with Gasteiger partial charge in [-0.05, 0) is 6.92 Å². The average molecular weight is 424 g/mol. The molecule has 0 atom stereocenters. The first-order valence-corrected chi connectivity index (χ1v) is 8.11. The van der Waals surface area contributed by atoms with E-state index in [0.29, 0.717) is 4.57 Å². The number of carbonyl (C=O) groups is 5. The van der Waals surface area contributed by atoms with Gasteiger partial charge in [-0.15, -0.1) is 0 Å². The molecule has 1 aromatic rings. The van der Waals surface area contributed by atoms with Crippen molar-refractivity contribution in [2.24, 2.45) is 0 Å². The van der Waals surface area contributed by atoms with Crippen molar-refractivity contribution in [2.75, 3.05) is 19.7 Å². The molecule has 0 unspecified atom stereocenters. The van der Waals surface area contributed by atoms with Gasteiger partial charge in [0, 0.05) is 0 Å². The minimum atomic E-state index is -1.35. The first-order chi connectivity index (χ1) is 14.1. The zero-order chi connectivity index (χ0) is 22.8. The van der Waals surface area contributed by atoms with Gasteiger partial charge in [-0.2, -0.15) is 5.26 Å². The van der Waals surface area contributed by atoms with E-state index in [1.807, 2.05) is 5.32 Å². The van der Waals surface area contributed by atoms with Crippen molar-refractivity contribution in [3.05, 3.63) is 32.1 Å². The molecular weight excluding hydrogens is 408 g/mol. The maximum Gasteiger partial charge on any atom is 0.414 e. The van der Waals surface area contributed by atoms with Crippen molar-refractivity contribution in [3.63, 3.8) is 0 Å². The number of alkyl carbamates (subject to hydrolysis) is 1. The van der Waals surface area contributed by atoms with Crippen molar-refractivity contribution >= 4 is 29.8 Å². The summed E-state index contributed by atoms with van der Waals surface area (Å²) in [7, 11) is 0. The van der Waals surface area contributed by atoms with Gasteiger partial charge in [0.15, 0.2) is 0 Å². The highest BCUT2D eigenvalue weighted by atomic mass is 16.5. The van der Waals surface area contributed by atoms with Crippen LogP contribution in [0.1, 0.15) is 23.0 Å². The van der Waals surface area contributed by atoms with Gasteiger partial charge in [0.25, 0.3) is 11.5 Å². The third-order valence-electron chi connectivity index (χ3n) is 3.20. The van der Waals surface area contributed by atoms with Crippen molar-refractivity contribution in [2.45, 2.75) is 13.5 Å². The van der Waals surface area contributed by atoms with Crippen LogP contribution < -0.4 is 27.2 Å². The predicted molar refractivity (Wildman–Crippen MR) is 94.2 cm³/mol. The van der Waals surface area contributed by atoms with E-state index in [1.165, 1.54) is 13.0 Å². The fraction of sp³-hybridized carbons (Fsp3) is 0.333. The zero-order valence-corrected chi connectivity index (χ0v) is 15.4. The van der Waals surface area contributed by atoms with E-state index in [-0.39, 0.29) is 6.61 Å². The molecule has 1 rings (SSSR count). The molecule has 0 aliphatic heterocycles. The van der Waals surface area contributed by atoms with Gasteiger partial charge in [0.2, 0.25) is 11.8 Å². The summed E-state index contributed by atoms with van der Waals surface area (Å²) in [5, 5.41) is 23.3. The molecule has 0 aliphatic rings. The molecular formula is C15H16N6O9. The van der Waals surface area contributed by atoms with Crippen LogP contribution >= 0.6 is 0 Å². The van der Waals surface area contributed by atoms with Crippen LogP contribution in [0.2, 0.25) is 0 Å². The van der Waals surface area contributed by atoms with Crippen molar-refractivity contribution in [3.8, 4) is 6.07 Å². The summed E-state index contributed by atoms with van der Waals surface area (Å²) in [6.07, 6.45) is -1.22. The van der Waals surface area contributed by atoms with Crippen LogP contribution in [0.3, 0.4) is 0 Å². The highest BCUT2D eigenvalue weighted by Crippen LogP contribution is 2.01. The number of carbonyl (C=O) groups excluding carboxylic acids is 4. The number of aromatic amines is 1. The number of ether oxygens (including phenoxy) is 1. The lowest BCUT2D eigenvalue weighted by atomic mass is 10.2. The summed E-state index contributed by atoms with van der Waals surface area (Å²) < 4.78 is 4.92. The summed E-state index contributed by atoms with van der Waals surface area (Å²) in [5.74, 6) is -4.50. The number of nitrogens with zero attached hydrogens (tertiary/aromatic N) is 2. The number of H-pyrrole nitrogens is 1. The maximum atomic E-state index is 12.3. The summed E-state index contributed by atoms with van der Waals surface area (Å²) in [4.78, 5) is 83.2. The number of carboxylic acid groups (broad SMARTS) is 1. The van der Waals surface area contributed by atoms with Crippen LogP contribution in [-0.2, 0) is 25.7 Å². The highest BCUT2D eigenvalue weighted by molar-refractivity contribution is 6.03. The Kier molecular flexibility index (Phi) is 8.44. The van der Waals surface area contributed by atoms with E-state index in [4.69, 9.17) is 10.4 Å². The number of rotatable bonds is 8. The molecule has 0 saturated heterocycles. The molecule has 0 bridgehead atoms. The molecule has 0 radical (unpaired) electrons. The second kappa shape index (κ2) is 10.8. The Balaban J connectivity index is 3.11. The Bertz CT molecular complexity index is 1030. The fourth-order valence-electron chi connectivity index (χ4n) is 2.00. The molecule has 0 aromatic carbocycles. The monoisotopic (exact) mass is 424 g/mol. The molecule has 0 fully saturated rings. The quantitative estimate of drug-likeness (QED) is 0.278. The Morgan fingerprint density at radius 3 is 2.33 bits per heavy atom. The number of nitriles is 1. The Morgan fingerprint density at radius 2 is 1.77 bits per heavy atom. The highest BCUT2D eigenvalue weighted by Gasteiger charge is 2.24. The van der Waals surface area contributed by atoms with Crippen LogP contribution in [0.4, 0.5) is 4.79 Å². The summed E-state index contributed by atoms with van der Waals surface area (Å²) in [5.41, 5.74) is -4.17. The lowest BCUT2D eigenvalue weighted by molar-refractivity contribution is -0.137. The van der Waals surface area contributed by atoms with Crippen molar-refractivity contribution in [1.29, 1.82) is 5.26 Å². The Labute approximate surface area is 166 Å². The second-order valence-corrected chi connectivity index (χ2v) is 5.30. The Hall–Kier alpha value is -4.48. The zero-order valence-electron chi connectivity index (χ0n) is 15.4. The van der Waals surface area contributed by atoms with Crippen LogP contribution in [0, 0.1) is 11.3 Å². The number of nitrogens with one attached hydrogen (secondary N) is 4. The van der Waals surface area contributed by atoms with Crippen LogP contribution in [-0.4, -0.2) is 64.1 Å². The van der Waals surface area contributed by atoms with Gasteiger partial charge in [-0.1, -0.05) is 0 Å². The van der Waals surface area contributed by atoms with E-state index in [0.717, 1.165) is 0 Å². The molecule has 15 heteroatoms. The van der Waals surface area contributed by atoms with Crippen LogP contribution in [0.15, 0.2) is 9.59 Å². The number of hydrogen-bond donors (Lipinski definition) is 5. The third kappa shape index (κ3) is 6.60. The number of aliphatic carboxylic acids is 1. The van der Waals surface area contributed by atoms with Gasteiger partial charge < -0.3 is 20.5 Å². The van der Waals surface area contributed by atoms with Crippen LogP contribution in [0.5, 0.6) is 0 Å². The van der Waals surface area contributed by atoms with E-state index in [2.05, 4.69) is 10.1 Å². The number of carboxylic acids is 1. The van der Waals surface area contributed by atoms with E-state index < -0.39 is 71.9 Å². The lowest BCUT2D eigenvalue weighted by Gasteiger charge is -2.13. The number of imide groups is 1. The van der Waals surface area contributed by atoms with Gasteiger partial charge in [0.05, 0.1) is 13.2 Å². The molecule has 0 saturated carbocycles. The normalized spacial score (nSPS) is 9.73. The molecule has 4 amide bonds. The first kappa shape index (κ1) is 23.6. The van der Waals surface area contributed by atoms with Crippen LogP contribution in [0.25, 0.3) is 0 Å². The standard InChI is InChI=1S/C15H16N6O9/c1-2-30-15(29)20-13(27)11-7(3-16)12(26)19-14(28)21(11)6-9(23)17-4-8(22)18-5-10(24)25/h2,4-6H2,1H3,(H,17,23)(H,18,22)(H,24,25)(H,19,26,28)(H,20,27,29). The largest absolute Gasteiger partial charge is 0.480 e. The molecule has 30 heavy (non-hydrogen) atoms. The van der Waals surface area contributed by atoms with E-state index >= 15 is 0 Å². The number of amides is 4. The van der Waals surface area contributed by atoms with Gasteiger partial charge >= 0.3 is 17.8 Å². The second-order valence-electron chi connectivity index (χ2n) is 5.30. The number of aromatic nitrogens is 2. The SMILES string of the molecule is CCOC(=O)NC(=O)c1c(C#N)c(=O)[nH]c(=O)n1CC(=O)NCC(=O)NCC(=O)O. The smallest absolute Gasteiger partial charge is 0.414 e. The summed E-state index contributed by atoms with van der Waals surface area (Å²) in [6.45, 7) is -0.900. The summed E-state index contributed by atoms with van der Waals surface area (Å²) >= 11 is 0. The minimum absolute atomic E-state index is 0.0985. The molecule has 5 N–H and O–H groups in total. The maximum absolute atomic E-state index is 12.3. The molecule has 15 nitrogen and oxygen atoms in total. The molecule has 160 valence electrons. The molecule has 0 spiro atoms. The predicted octanol–water partition coefficient (Wildman–Crippen LogP) is -3.39. The topological polar surface area (TPSA) is 230 Å². The third-order valence-corrected chi connectivity index (χ3v) is 3.20. The van der Waals surface area contributed by atoms with E-state index in [1.54, 1.807) is 10.3 Å². The molecule has 1 heterocycles. The first-order valence-electron chi connectivity index (χ1n) is 8.11. The summed E-state index contributed by atoms with van der Waals surface area (Å²) in [6, 6.07) is 1.40. The minimum Gasteiger partial charge on any atom is -0.480 e. The Morgan fingerprint density at radius 1 is 1.13 bits per heavy atom. The van der Waals surface area contributed by atoms with Gasteiger partial charge in [-0.25, -0.2) is 9.59 Å². The fourth-order valence-corrected chi connectivity index (χ4v) is 2.00. The van der Waals surface area contributed by atoms with E-state index in [9.17, 15) is 33.6 Å². The van der Waals surface area contributed by atoms with Crippen molar-refractivity contribution < 1.29 is 33.8 Å². The average Bonchev–Trinajstić information content (AvgIpc) is 2.66. The lowest BCUT2D eigenvalue weighted by Crippen LogP contribution is -2.45. The molecule has 0 aliphatic carbocycles. The van der Waals surface area contributed by atoms with Crippen molar-refractivity contribution in [1.82, 2.24) is 25.5 Å². The van der Waals surface area contributed by atoms with Gasteiger partial charge in [0.1, 0.15) is 30.4 Å². The number of hydrogen-bond acceptors (Lipinski definition) is 9.